The minimum atomic E-state index is -1.00. The Balaban J connectivity index is 2.45. The van der Waals surface area contributed by atoms with Gasteiger partial charge < -0.3 is 15.7 Å². The second-order valence-corrected chi connectivity index (χ2v) is 3.71. The number of carbonyl (C=O) groups excluding carboxylic acids is 1. The van der Waals surface area contributed by atoms with E-state index in [0.29, 0.717) is 0 Å². The zero-order valence-corrected chi connectivity index (χ0v) is 8.41. The van der Waals surface area contributed by atoms with Crippen LogP contribution in [0.25, 0.3) is 0 Å². The Morgan fingerprint density at radius 2 is 2.21 bits per heavy atom. The molecule has 3 N–H and O–H groups in total. The van der Waals surface area contributed by atoms with Gasteiger partial charge in [0.05, 0.1) is 5.92 Å². The number of amides is 1. The molecule has 0 aromatic carbocycles. The van der Waals surface area contributed by atoms with Crippen LogP contribution in [-0.4, -0.2) is 35.6 Å². The van der Waals surface area contributed by atoms with Crippen molar-refractivity contribution >= 4 is 11.9 Å². The summed E-state index contributed by atoms with van der Waals surface area (Å²) < 4.78 is 0. The summed E-state index contributed by atoms with van der Waals surface area (Å²) in [5.74, 6) is -1.27. The summed E-state index contributed by atoms with van der Waals surface area (Å²) in [5.41, 5.74) is 0. The Kier molecular flexibility index (Phi) is 3.46. The summed E-state index contributed by atoms with van der Waals surface area (Å²) in [7, 11) is 0. The van der Waals surface area contributed by atoms with E-state index >= 15 is 0 Å². The van der Waals surface area contributed by atoms with Gasteiger partial charge >= 0.3 is 5.97 Å². The van der Waals surface area contributed by atoms with Crippen molar-refractivity contribution in [3.8, 4) is 0 Å². The highest BCUT2D eigenvalue weighted by Crippen LogP contribution is 2.15. The number of hydrogen-bond acceptors (Lipinski definition) is 3. The number of rotatable bonds is 3. The lowest BCUT2D eigenvalue weighted by molar-refractivity contribution is -0.141. The molecule has 0 spiro atoms. The van der Waals surface area contributed by atoms with Crippen LogP contribution in [0.15, 0.2) is 0 Å². The van der Waals surface area contributed by atoms with Gasteiger partial charge in [0, 0.05) is 6.04 Å². The standard InChI is InChI=1S/C9H16N2O3/c1-5-7(3-4-10-5)8(12)11-6(2)9(13)14/h5-7,10H,3-4H2,1-2H3,(H,11,12)(H,13,14)/t5?,6-,7?/m1/s1. The molecule has 80 valence electrons. The molecule has 0 aromatic rings. The molecule has 1 amide bonds. The van der Waals surface area contributed by atoms with E-state index in [-0.39, 0.29) is 17.9 Å². The largest absolute Gasteiger partial charge is 0.480 e. The fourth-order valence-corrected chi connectivity index (χ4v) is 1.60. The van der Waals surface area contributed by atoms with Crippen LogP contribution in [0, 0.1) is 5.92 Å². The van der Waals surface area contributed by atoms with E-state index in [4.69, 9.17) is 5.11 Å². The normalized spacial score (nSPS) is 28.4. The number of carbonyl (C=O) groups is 2. The van der Waals surface area contributed by atoms with Crippen molar-refractivity contribution in [2.45, 2.75) is 32.4 Å². The number of aliphatic carboxylic acids is 1. The van der Waals surface area contributed by atoms with Crippen LogP contribution < -0.4 is 10.6 Å². The Bertz CT molecular complexity index is 242. The van der Waals surface area contributed by atoms with Gasteiger partial charge in [-0.3, -0.25) is 9.59 Å². The summed E-state index contributed by atoms with van der Waals surface area (Å²) in [6.45, 7) is 4.22. The van der Waals surface area contributed by atoms with Crippen molar-refractivity contribution in [2.75, 3.05) is 6.54 Å². The Morgan fingerprint density at radius 1 is 1.57 bits per heavy atom. The molecule has 14 heavy (non-hydrogen) atoms. The van der Waals surface area contributed by atoms with Crippen LogP contribution in [0.5, 0.6) is 0 Å². The molecule has 1 aliphatic rings. The molecule has 1 heterocycles. The minimum absolute atomic E-state index is 0.100. The first kappa shape index (κ1) is 11.0. The molecular formula is C9H16N2O3. The molecule has 1 fully saturated rings. The number of nitrogens with one attached hydrogen (secondary N) is 2. The highest BCUT2D eigenvalue weighted by molar-refractivity contribution is 5.85. The van der Waals surface area contributed by atoms with E-state index in [0.717, 1.165) is 13.0 Å². The first-order valence-corrected chi connectivity index (χ1v) is 4.79. The maximum atomic E-state index is 11.6. The van der Waals surface area contributed by atoms with Crippen LogP contribution >= 0.6 is 0 Å². The molecule has 0 radical (unpaired) electrons. The van der Waals surface area contributed by atoms with Crippen molar-refractivity contribution in [1.29, 1.82) is 0 Å². The molecule has 5 nitrogen and oxygen atoms in total. The number of hydrogen-bond donors (Lipinski definition) is 3. The molecule has 0 aliphatic carbocycles. The highest BCUT2D eigenvalue weighted by Gasteiger charge is 2.30. The third kappa shape index (κ3) is 2.45. The predicted octanol–water partition coefficient (Wildman–Crippen LogP) is -0.426. The SMILES string of the molecule is CC1NCCC1C(=O)N[C@H](C)C(=O)O. The van der Waals surface area contributed by atoms with Gasteiger partial charge in [0.2, 0.25) is 5.91 Å². The summed E-state index contributed by atoms with van der Waals surface area (Å²) in [4.78, 5) is 22.1. The van der Waals surface area contributed by atoms with Gasteiger partial charge in [-0.15, -0.1) is 0 Å². The third-order valence-corrected chi connectivity index (χ3v) is 2.59. The molecule has 3 atom stereocenters. The summed E-state index contributed by atoms with van der Waals surface area (Å²) in [6.07, 6.45) is 0.777. The first-order chi connectivity index (χ1) is 6.52. The Hall–Kier alpha value is -1.10. The zero-order chi connectivity index (χ0) is 10.7. The Morgan fingerprint density at radius 3 is 2.64 bits per heavy atom. The average Bonchev–Trinajstić information content (AvgIpc) is 2.51. The van der Waals surface area contributed by atoms with Crippen molar-refractivity contribution in [2.24, 2.45) is 5.92 Å². The van der Waals surface area contributed by atoms with E-state index in [9.17, 15) is 9.59 Å². The van der Waals surface area contributed by atoms with Gasteiger partial charge in [-0.05, 0) is 26.8 Å². The lowest BCUT2D eigenvalue weighted by Crippen LogP contribution is -2.44. The second-order valence-electron chi connectivity index (χ2n) is 3.71. The molecule has 0 saturated carbocycles. The fraction of sp³-hybridized carbons (Fsp3) is 0.778. The monoisotopic (exact) mass is 200 g/mol. The van der Waals surface area contributed by atoms with E-state index in [1.165, 1.54) is 6.92 Å². The lowest BCUT2D eigenvalue weighted by atomic mass is 10.0. The van der Waals surface area contributed by atoms with E-state index in [2.05, 4.69) is 10.6 Å². The maximum Gasteiger partial charge on any atom is 0.325 e. The molecule has 0 aromatic heterocycles. The average molecular weight is 200 g/mol. The number of carboxylic acids is 1. The molecular weight excluding hydrogens is 184 g/mol. The van der Waals surface area contributed by atoms with E-state index < -0.39 is 12.0 Å². The molecule has 5 heteroatoms. The van der Waals surface area contributed by atoms with Crippen molar-refractivity contribution in [1.82, 2.24) is 10.6 Å². The summed E-state index contributed by atoms with van der Waals surface area (Å²) in [5, 5.41) is 14.2. The first-order valence-electron chi connectivity index (χ1n) is 4.79. The molecule has 0 bridgehead atoms. The third-order valence-electron chi connectivity index (χ3n) is 2.59. The quantitative estimate of drug-likeness (QED) is 0.578. The van der Waals surface area contributed by atoms with Gasteiger partial charge in [0.15, 0.2) is 0 Å². The van der Waals surface area contributed by atoms with Crippen LogP contribution in [-0.2, 0) is 9.59 Å². The van der Waals surface area contributed by atoms with Crippen molar-refractivity contribution in [3.63, 3.8) is 0 Å². The second kappa shape index (κ2) is 4.41. The van der Waals surface area contributed by atoms with Gasteiger partial charge in [0.1, 0.15) is 6.04 Å². The summed E-state index contributed by atoms with van der Waals surface area (Å²) in [6, 6.07) is -0.675. The van der Waals surface area contributed by atoms with E-state index in [1.54, 1.807) is 0 Å². The van der Waals surface area contributed by atoms with Crippen LogP contribution in [0.2, 0.25) is 0 Å². The highest BCUT2D eigenvalue weighted by atomic mass is 16.4. The van der Waals surface area contributed by atoms with Crippen molar-refractivity contribution < 1.29 is 14.7 Å². The molecule has 2 unspecified atom stereocenters. The molecule has 1 rings (SSSR count). The smallest absolute Gasteiger partial charge is 0.325 e. The van der Waals surface area contributed by atoms with Gasteiger partial charge in [-0.1, -0.05) is 0 Å². The zero-order valence-electron chi connectivity index (χ0n) is 8.41. The fourth-order valence-electron chi connectivity index (χ4n) is 1.60. The van der Waals surface area contributed by atoms with Crippen LogP contribution in [0.4, 0.5) is 0 Å². The Labute approximate surface area is 82.9 Å². The molecule has 1 saturated heterocycles. The van der Waals surface area contributed by atoms with Gasteiger partial charge in [0.25, 0.3) is 0 Å². The minimum Gasteiger partial charge on any atom is -0.480 e. The number of carboxylic acid groups (broad SMARTS) is 1. The van der Waals surface area contributed by atoms with Gasteiger partial charge in [-0.2, -0.15) is 0 Å². The predicted molar refractivity (Wildman–Crippen MR) is 50.8 cm³/mol. The van der Waals surface area contributed by atoms with Crippen LogP contribution in [0.1, 0.15) is 20.3 Å². The van der Waals surface area contributed by atoms with E-state index in [1.807, 2.05) is 6.92 Å². The lowest BCUT2D eigenvalue weighted by Gasteiger charge is -2.16. The van der Waals surface area contributed by atoms with Gasteiger partial charge in [-0.25, -0.2) is 0 Å². The molecule has 1 aliphatic heterocycles. The maximum absolute atomic E-state index is 11.6. The summed E-state index contributed by atoms with van der Waals surface area (Å²) >= 11 is 0. The van der Waals surface area contributed by atoms with Crippen molar-refractivity contribution in [3.05, 3.63) is 0 Å². The van der Waals surface area contributed by atoms with Crippen LogP contribution in [0.3, 0.4) is 0 Å². The topological polar surface area (TPSA) is 78.4 Å².